The molecule has 1 fully saturated rings. The first-order valence-corrected chi connectivity index (χ1v) is 8.02. The van der Waals surface area contributed by atoms with Gasteiger partial charge in [0.2, 0.25) is 5.91 Å². The number of guanidine groups is 1. The van der Waals surface area contributed by atoms with Gasteiger partial charge in [0.25, 0.3) is 0 Å². The van der Waals surface area contributed by atoms with Crippen LogP contribution in [0.3, 0.4) is 0 Å². The molecule has 0 unspecified atom stereocenters. The van der Waals surface area contributed by atoms with Crippen LogP contribution < -0.4 is 16.4 Å². The van der Waals surface area contributed by atoms with Gasteiger partial charge in [-0.15, -0.1) is 0 Å². The average Bonchev–Trinajstić information content (AvgIpc) is 2.39. The molecule has 1 saturated carbocycles. The van der Waals surface area contributed by atoms with Crippen LogP contribution in [-0.2, 0) is 4.79 Å². The molecule has 6 heteroatoms. The third-order valence-electron chi connectivity index (χ3n) is 3.53. The number of benzene rings is 1. The maximum Gasteiger partial charge on any atom is 0.226 e. The number of aliphatic imine (C=N–C) groups is 1. The Hall–Kier alpha value is -1.56. The third kappa shape index (κ3) is 5.75. The van der Waals surface area contributed by atoms with Crippen molar-refractivity contribution in [1.82, 2.24) is 5.32 Å². The fraction of sp³-hybridized carbons (Fsp3) is 0.467. The fourth-order valence-corrected chi connectivity index (χ4v) is 2.28. The van der Waals surface area contributed by atoms with Gasteiger partial charge in [0, 0.05) is 29.7 Å². The Balaban J connectivity index is 1.63. The fourth-order valence-electron chi connectivity index (χ4n) is 2.02. The van der Waals surface area contributed by atoms with Gasteiger partial charge in [-0.3, -0.25) is 9.79 Å². The van der Waals surface area contributed by atoms with E-state index in [-0.39, 0.29) is 5.91 Å². The molecule has 5 nitrogen and oxygen atoms in total. The zero-order chi connectivity index (χ0) is 15.1. The molecule has 0 heterocycles. The monoisotopic (exact) mass is 352 g/mol. The minimum Gasteiger partial charge on any atom is -0.370 e. The number of nitrogens with one attached hydrogen (secondary N) is 2. The quantitative estimate of drug-likeness (QED) is 0.543. The maximum atomic E-state index is 11.8. The van der Waals surface area contributed by atoms with Gasteiger partial charge >= 0.3 is 0 Å². The average molecular weight is 353 g/mol. The number of nitrogens with two attached hydrogens (primary N) is 1. The summed E-state index contributed by atoms with van der Waals surface area (Å²) >= 11 is 3.35. The summed E-state index contributed by atoms with van der Waals surface area (Å²) in [6.07, 6.45) is 4.18. The van der Waals surface area contributed by atoms with E-state index in [4.69, 9.17) is 5.73 Å². The van der Waals surface area contributed by atoms with Gasteiger partial charge in [-0.05, 0) is 43.0 Å². The highest BCUT2D eigenvalue weighted by atomic mass is 79.9. The van der Waals surface area contributed by atoms with Crippen molar-refractivity contribution in [3.8, 4) is 0 Å². The number of carbonyl (C=O) groups excluding carboxylic acids is 1. The molecule has 1 amide bonds. The summed E-state index contributed by atoms with van der Waals surface area (Å²) in [7, 11) is 0. The van der Waals surface area contributed by atoms with Crippen molar-refractivity contribution in [2.24, 2.45) is 16.6 Å². The van der Waals surface area contributed by atoms with Crippen LogP contribution >= 0.6 is 15.9 Å². The first kappa shape index (κ1) is 15.8. The maximum absolute atomic E-state index is 11.8. The standard InChI is InChI=1S/C15H21BrN4O/c16-12-4-6-13(7-5-12)20-14(21)8-9-18-15(17)19-10-11-2-1-3-11/h4-7,11H,1-3,8-10H2,(H,20,21)(H3,17,18,19). The number of hydrogen-bond acceptors (Lipinski definition) is 2. The smallest absolute Gasteiger partial charge is 0.226 e. The minimum absolute atomic E-state index is 0.0448. The minimum atomic E-state index is -0.0448. The normalized spacial score (nSPS) is 15.4. The topological polar surface area (TPSA) is 79.5 Å². The predicted molar refractivity (Wildman–Crippen MR) is 89.2 cm³/mol. The first-order valence-electron chi connectivity index (χ1n) is 7.22. The van der Waals surface area contributed by atoms with Gasteiger partial charge in [-0.25, -0.2) is 0 Å². The van der Waals surface area contributed by atoms with E-state index < -0.39 is 0 Å². The summed E-state index contributed by atoms with van der Waals surface area (Å²) in [4.78, 5) is 16.0. The number of anilines is 1. The van der Waals surface area contributed by atoms with Crippen molar-refractivity contribution in [3.63, 3.8) is 0 Å². The molecule has 1 aliphatic carbocycles. The van der Waals surface area contributed by atoms with Gasteiger partial charge < -0.3 is 16.4 Å². The molecule has 0 bridgehead atoms. The van der Waals surface area contributed by atoms with Gasteiger partial charge in [-0.1, -0.05) is 22.4 Å². The molecule has 0 aliphatic heterocycles. The van der Waals surface area contributed by atoms with E-state index in [9.17, 15) is 4.79 Å². The SMILES string of the molecule is NC(=NCC1CCC1)NCCC(=O)Nc1ccc(Br)cc1. The van der Waals surface area contributed by atoms with E-state index in [1.165, 1.54) is 19.3 Å². The van der Waals surface area contributed by atoms with Crippen LogP contribution in [0.4, 0.5) is 5.69 Å². The molecule has 114 valence electrons. The summed E-state index contributed by atoms with van der Waals surface area (Å²) in [6.45, 7) is 1.28. The number of nitrogens with zero attached hydrogens (tertiary/aromatic N) is 1. The van der Waals surface area contributed by atoms with E-state index in [1.54, 1.807) is 0 Å². The third-order valence-corrected chi connectivity index (χ3v) is 4.06. The summed E-state index contributed by atoms with van der Waals surface area (Å²) in [5, 5.41) is 5.80. The highest BCUT2D eigenvalue weighted by Gasteiger charge is 2.16. The number of hydrogen-bond donors (Lipinski definition) is 3. The molecular weight excluding hydrogens is 332 g/mol. The molecular formula is C15H21BrN4O. The number of carbonyl (C=O) groups is 1. The summed E-state index contributed by atoms with van der Waals surface area (Å²) < 4.78 is 0.984. The lowest BCUT2D eigenvalue weighted by Gasteiger charge is -2.23. The highest BCUT2D eigenvalue weighted by Crippen LogP contribution is 2.26. The van der Waals surface area contributed by atoms with Crippen molar-refractivity contribution in [2.75, 3.05) is 18.4 Å². The van der Waals surface area contributed by atoms with Crippen molar-refractivity contribution < 1.29 is 4.79 Å². The molecule has 1 aromatic rings. The van der Waals surface area contributed by atoms with Crippen LogP contribution in [0.15, 0.2) is 33.7 Å². The first-order chi connectivity index (χ1) is 10.1. The molecule has 0 aromatic heterocycles. The zero-order valence-electron chi connectivity index (χ0n) is 11.9. The Kier molecular flexibility index (Phi) is 6.04. The summed E-state index contributed by atoms with van der Waals surface area (Å²) in [6, 6.07) is 7.48. The summed E-state index contributed by atoms with van der Waals surface area (Å²) in [5.41, 5.74) is 6.55. The van der Waals surface area contributed by atoms with Gasteiger partial charge in [0.15, 0.2) is 5.96 Å². The number of amides is 1. The molecule has 0 atom stereocenters. The van der Waals surface area contributed by atoms with Crippen molar-refractivity contribution in [1.29, 1.82) is 0 Å². The zero-order valence-corrected chi connectivity index (χ0v) is 13.5. The highest BCUT2D eigenvalue weighted by molar-refractivity contribution is 9.10. The molecule has 1 aromatic carbocycles. The second-order valence-corrected chi connectivity index (χ2v) is 6.17. The molecule has 0 saturated heterocycles. The van der Waals surface area contributed by atoms with Crippen LogP contribution in [0.5, 0.6) is 0 Å². The Labute approximate surface area is 133 Å². The second-order valence-electron chi connectivity index (χ2n) is 5.25. The predicted octanol–water partition coefficient (Wildman–Crippen LogP) is 2.48. The van der Waals surface area contributed by atoms with Gasteiger partial charge in [-0.2, -0.15) is 0 Å². The van der Waals surface area contributed by atoms with Crippen LogP contribution in [0, 0.1) is 5.92 Å². The molecule has 21 heavy (non-hydrogen) atoms. The van der Waals surface area contributed by atoms with Crippen molar-refractivity contribution in [3.05, 3.63) is 28.7 Å². The van der Waals surface area contributed by atoms with Gasteiger partial charge in [0.05, 0.1) is 0 Å². The molecule has 0 spiro atoms. The van der Waals surface area contributed by atoms with Crippen LogP contribution in [-0.4, -0.2) is 25.0 Å². The van der Waals surface area contributed by atoms with E-state index in [0.29, 0.717) is 24.8 Å². The van der Waals surface area contributed by atoms with E-state index in [0.717, 1.165) is 16.7 Å². The number of halogens is 1. The van der Waals surface area contributed by atoms with Crippen molar-refractivity contribution in [2.45, 2.75) is 25.7 Å². The molecule has 2 rings (SSSR count). The Bertz CT molecular complexity index is 497. The molecule has 4 N–H and O–H groups in total. The van der Waals surface area contributed by atoms with E-state index >= 15 is 0 Å². The van der Waals surface area contributed by atoms with Crippen LogP contribution in [0.1, 0.15) is 25.7 Å². The van der Waals surface area contributed by atoms with E-state index in [1.807, 2.05) is 24.3 Å². The second kappa shape index (κ2) is 8.02. The Morgan fingerprint density at radius 1 is 1.33 bits per heavy atom. The lowest BCUT2D eigenvalue weighted by molar-refractivity contribution is -0.116. The largest absolute Gasteiger partial charge is 0.370 e. The Morgan fingerprint density at radius 3 is 2.67 bits per heavy atom. The lowest BCUT2D eigenvalue weighted by atomic mass is 9.86. The van der Waals surface area contributed by atoms with Crippen LogP contribution in [0.2, 0.25) is 0 Å². The van der Waals surface area contributed by atoms with Crippen LogP contribution in [0.25, 0.3) is 0 Å². The summed E-state index contributed by atoms with van der Waals surface area (Å²) in [5.74, 6) is 1.08. The van der Waals surface area contributed by atoms with Gasteiger partial charge in [0.1, 0.15) is 0 Å². The molecule has 0 radical (unpaired) electrons. The van der Waals surface area contributed by atoms with Crippen molar-refractivity contribution >= 4 is 33.5 Å². The Morgan fingerprint density at radius 2 is 2.05 bits per heavy atom. The number of rotatable bonds is 6. The lowest BCUT2D eigenvalue weighted by Crippen LogP contribution is -2.34. The van der Waals surface area contributed by atoms with E-state index in [2.05, 4.69) is 31.6 Å². The molecule has 1 aliphatic rings.